The van der Waals surface area contributed by atoms with Crippen molar-refractivity contribution in [2.24, 2.45) is 0 Å². The zero-order valence-electron chi connectivity index (χ0n) is 14.4. The van der Waals surface area contributed by atoms with Gasteiger partial charge in [-0.15, -0.1) is 0 Å². The third kappa shape index (κ3) is 3.85. The van der Waals surface area contributed by atoms with E-state index in [-0.39, 0.29) is 17.5 Å². The first-order valence-electron chi connectivity index (χ1n) is 8.30. The van der Waals surface area contributed by atoms with Gasteiger partial charge in [-0.1, -0.05) is 30.3 Å². The van der Waals surface area contributed by atoms with E-state index in [2.05, 4.69) is 20.2 Å². The van der Waals surface area contributed by atoms with Gasteiger partial charge < -0.3 is 15.1 Å². The average molecular weight is 342 g/mol. The number of hydrogen-bond donors (Lipinski definition) is 1. The largest absolute Gasteiger partial charge is 0.358 e. The molecular weight excluding hydrogens is 320 g/mol. The summed E-state index contributed by atoms with van der Waals surface area (Å²) >= 11 is 0. The highest BCUT2D eigenvalue weighted by Crippen LogP contribution is 2.34. The van der Waals surface area contributed by atoms with Gasteiger partial charge in [0, 0.05) is 26.2 Å². The Labute approximate surface area is 146 Å². The molecule has 0 bridgehead atoms. The molecule has 0 amide bonds. The van der Waals surface area contributed by atoms with Gasteiger partial charge >= 0.3 is 5.69 Å². The zero-order valence-corrected chi connectivity index (χ0v) is 14.4. The van der Waals surface area contributed by atoms with Crippen molar-refractivity contribution in [3.8, 4) is 0 Å². The second-order valence-electron chi connectivity index (χ2n) is 6.22. The summed E-state index contributed by atoms with van der Waals surface area (Å²) in [4.78, 5) is 23.8. The van der Waals surface area contributed by atoms with E-state index in [1.54, 1.807) is 0 Å². The summed E-state index contributed by atoms with van der Waals surface area (Å²) in [6.45, 7) is 5.08. The Morgan fingerprint density at radius 2 is 1.84 bits per heavy atom. The van der Waals surface area contributed by atoms with Gasteiger partial charge in [-0.05, 0) is 19.5 Å². The second kappa shape index (κ2) is 7.43. The van der Waals surface area contributed by atoms with Crippen molar-refractivity contribution in [2.45, 2.75) is 13.0 Å². The molecule has 0 radical (unpaired) electrons. The first-order valence-corrected chi connectivity index (χ1v) is 8.30. The maximum atomic E-state index is 11.7. The normalized spacial score (nSPS) is 16.5. The van der Waals surface area contributed by atoms with Crippen LogP contribution in [0.3, 0.4) is 0 Å². The molecule has 2 heterocycles. The van der Waals surface area contributed by atoms with Crippen molar-refractivity contribution < 1.29 is 4.92 Å². The summed E-state index contributed by atoms with van der Waals surface area (Å²) in [7, 11) is 2.04. The first-order chi connectivity index (χ1) is 12.1. The number of nitro groups is 1. The molecule has 1 aromatic carbocycles. The first kappa shape index (κ1) is 17.1. The number of anilines is 2. The van der Waals surface area contributed by atoms with Crippen molar-refractivity contribution in [2.75, 3.05) is 43.4 Å². The van der Waals surface area contributed by atoms with E-state index in [0.717, 1.165) is 18.7 Å². The van der Waals surface area contributed by atoms with Gasteiger partial charge in [-0.3, -0.25) is 10.1 Å². The van der Waals surface area contributed by atoms with Gasteiger partial charge in [0.05, 0.1) is 11.0 Å². The second-order valence-corrected chi connectivity index (χ2v) is 6.22. The number of likely N-dealkylation sites (N-methyl/N-ethyl adjacent to an activating group) is 1. The lowest BCUT2D eigenvalue weighted by molar-refractivity contribution is -0.383. The molecule has 8 nitrogen and oxygen atoms in total. The van der Waals surface area contributed by atoms with Crippen molar-refractivity contribution in [1.82, 2.24) is 14.9 Å². The van der Waals surface area contributed by atoms with Gasteiger partial charge in [0.15, 0.2) is 0 Å². The molecule has 1 unspecified atom stereocenters. The lowest BCUT2D eigenvalue weighted by Gasteiger charge is -2.32. The molecule has 1 aliphatic heterocycles. The highest BCUT2D eigenvalue weighted by Gasteiger charge is 2.29. The van der Waals surface area contributed by atoms with E-state index >= 15 is 0 Å². The Hall–Kier alpha value is -2.74. The predicted molar refractivity (Wildman–Crippen MR) is 96.9 cm³/mol. The van der Waals surface area contributed by atoms with Crippen LogP contribution in [-0.4, -0.2) is 53.0 Å². The van der Waals surface area contributed by atoms with Crippen LogP contribution in [0.4, 0.5) is 17.3 Å². The molecule has 2 aromatic rings. The van der Waals surface area contributed by atoms with Crippen LogP contribution in [0.15, 0.2) is 36.7 Å². The number of rotatable bonds is 5. The summed E-state index contributed by atoms with van der Waals surface area (Å²) < 4.78 is 0. The SMILES string of the molecule is CC(Nc1ncnc(N2CCN(C)CC2)c1[N+](=O)[O-])c1ccccc1. The molecule has 0 spiro atoms. The lowest BCUT2D eigenvalue weighted by atomic mass is 10.1. The fourth-order valence-electron chi connectivity index (χ4n) is 2.92. The maximum Gasteiger partial charge on any atom is 0.353 e. The third-order valence-electron chi connectivity index (χ3n) is 4.44. The molecule has 1 fully saturated rings. The standard InChI is InChI=1S/C17H22N6O2/c1-13(14-6-4-3-5-7-14)20-16-15(23(24)25)17(19-12-18-16)22-10-8-21(2)9-11-22/h3-7,12-13H,8-11H2,1-2H3,(H,18,19,20). The summed E-state index contributed by atoms with van der Waals surface area (Å²) in [5.41, 5.74) is 0.978. The topological polar surface area (TPSA) is 87.4 Å². The Kier molecular flexibility index (Phi) is 5.08. The number of nitrogens with one attached hydrogen (secondary N) is 1. The highest BCUT2D eigenvalue weighted by molar-refractivity contribution is 5.70. The molecule has 1 aliphatic rings. The predicted octanol–water partition coefficient (Wildman–Crippen LogP) is 2.31. The lowest BCUT2D eigenvalue weighted by Crippen LogP contribution is -2.45. The number of nitrogens with zero attached hydrogens (tertiary/aromatic N) is 5. The minimum Gasteiger partial charge on any atom is -0.358 e. The molecule has 0 aliphatic carbocycles. The molecule has 132 valence electrons. The fraction of sp³-hybridized carbons (Fsp3) is 0.412. The van der Waals surface area contributed by atoms with E-state index in [9.17, 15) is 10.1 Å². The molecular formula is C17H22N6O2. The summed E-state index contributed by atoms with van der Waals surface area (Å²) in [6.07, 6.45) is 1.39. The van der Waals surface area contributed by atoms with Crippen LogP contribution in [0.2, 0.25) is 0 Å². The van der Waals surface area contributed by atoms with Gasteiger partial charge in [-0.25, -0.2) is 9.97 Å². The Bertz CT molecular complexity index is 731. The molecule has 8 heteroatoms. The fourth-order valence-corrected chi connectivity index (χ4v) is 2.92. The van der Waals surface area contributed by atoms with Gasteiger partial charge in [0.25, 0.3) is 0 Å². The van der Waals surface area contributed by atoms with Crippen LogP contribution in [0.5, 0.6) is 0 Å². The van der Waals surface area contributed by atoms with E-state index in [1.165, 1.54) is 6.33 Å². The molecule has 3 rings (SSSR count). The maximum absolute atomic E-state index is 11.7. The Balaban J connectivity index is 1.89. The summed E-state index contributed by atoms with van der Waals surface area (Å²) in [5, 5.41) is 14.9. The highest BCUT2D eigenvalue weighted by atomic mass is 16.6. The van der Waals surface area contributed by atoms with Crippen LogP contribution in [0.1, 0.15) is 18.5 Å². The van der Waals surface area contributed by atoms with E-state index in [0.29, 0.717) is 18.9 Å². The average Bonchev–Trinajstić information content (AvgIpc) is 2.62. The monoisotopic (exact) mass is 342 g/mol. The van der Waals surface area contributed by atoms with E-state index < -0.39 is 4.92 Å². The van der Waals surface area contributed by atoms with Crippen LogP contribution in [-0.2, 0) is 0 Å². The smallest absolute Gasteiger partial charge is 0.353 e. The van der Waals surface area contributed by atoms with Crippen LogP contribution in [0, 0.1) is 10.1 Å². The number of aromatic nitrogens is 2. The molecule has 1 atom stereocenters. The van der Waals surface area contributed by atoms with Gasteiger partial charge in [-0.2, -0.15) is 0 Å². The number of hydrogen-bond acceptors (Lipinski definition) is 7. The van der Waals surface area contributed by atoms with Crippen LogP contribution < -0.4 is 10.2 Å². The van der Waals surface area contributed by atoms with Crippen molar-refractivity contribution >= 4 is 17.3 Å². The third-order valence-corrected chi connectivity index (χ3v) is 4.44. The number of piperazine rings is 1. The molecule has 25 heavy (non-hydrogen) atoms. The molecule has 0 saturated carbocycles. The van der Waals surface area contributed by atoms with Crippen molar-refractivity contribution in [3.63, 3.8) is 0 Å². The molecule has 1 saturated heterocycles. The quantitative estimate of drug-likeness (QED) is 0.659. The Morgan fingerprint density at radius 1 is 1.16 bits per heavy atom. The number of benzene rings is 1. The zero-order chi connectivity index (χ0) is 17.8. The minimum absolute atomic E-state index is 0.0603. The van der Waals surface area contributed by atoms with Gasteiger partial charge in [0.1, 0.15) is 6.33 Å². The van der Waals surface area contributed by atoms with E-state index in [1.807, 2.05) is 49.2 Å². The van der Waals surface area contributed by atoms with Crippen LogP contribution in [0.25, 0.3) is 0 Å². The van der Waals surface area contributed by atoms with E-state index in [4.69, 9.17) is 0 Å². The van der Waals surface area contributed by atoms with Crippen LogP contribution >= 0.6 is 0 Å². The molecule has 1 aromatic heterocycles. The molecule has 1 N–H and O–H groups in total. The minimum atomic E-state index is -0.395. The van der Waals surface area contributed by atoms with Gasteiger partial charge in [0.2, 0.25) is 11.6 Å². The summed E-state index contributed by atoms with van der Waals surface area (Å²) in [6, 6.07) is 9.68. The van der Waals surface area contributed by atoms with Crippen molar-refractivity contribution in [3.05, 3.63) is 52.3 Å². The Morgan fingerprint density at radius 3 is 2.48 bits per heavy atom. The van der Waals surface area contributed by atoms with Crippen molar-refractivity contribution in [1.29, 1.82) is 0 Å². The summed E-state index contributed by atoms with van der Waals surface area (Å²) in [5.74, 6) is 0.640.